The number of hydrogen-bond acceptors (Lipinski definition) is 2. The van der Waals surface area contributed by atoms with E-state index < -0.39 is 0 Å². The fraction of sp³-hybridized carbons (Fsp3) is 0.733. The van der Waals surface area contributed by atoms with Crippen LogP contribution in [0.2, 0.25) is 0 Å². The molecule has 0 spiro atoms. The lowest BCUT2D eigenvalue weighted by Crippen LogP contribution is -2.32. The van der Waals surface area contributed by atoms with Crippen molar-refractivity contribution in [2.24, 2.45) is 5.41 Å². The zero-order chi connectivity index (χ0) is 14.0. The van der Waals surface area contributed by atoms with Gasteiger partial charge >= 0.3 is 0 Å². The van der Waals surface area contributed by atoms with E-state index in [0.29, 0.717) is 12.2 Å². The number of nitrogens with zero attached hydrogens (tertiary/aromatic N) is 2. The fourth-order valence-electron chi connectivity index (χ4n) is 3.01. The largest absolute Gasteiger partial charge is 0.299 e. The van der Waals surface area contributed by atoms with Crippen molar-refractivity contribution in [1.29, 1.82) is 0 Å². The Morgan fingerprint density at radius 2 is 2.00 bits per heavy atom. The first-order valence-corrected chi connectivity index (χ1v) is 8.02. The molecule has 0 unspecified atom stereocenters. The predicted octanol–water partition coefficient (Wildman–Crippen LogP) is 4.06. The van der Waals surface area contributed by atoms with Crippen molar-refractivity contribution in [3.63, 3.8) is 0 Å². The summed E-state index contributed by atoms with van der Waals surface area (Å²) in [5, 5.41) is 4.47. The molecule has 0 aliphatic heterocycles. The molecule has 0 amide bonds. The highest BCUT2D eigenvalue weighted by atomic mass is 79.9. The molecule has 4 heteroatoms. The van der Waals surface area contributed by atoms with Crippen molar-refractivity contribution in [1.82, 2.24) is 9.78 Å². The number of hydrogen-bond donors (Lipinski definition) is 0. The maximum absolute atomic E-state index is 12.7. The first-order chi connectivity index (χ1) is 8.98. The second-order valence-corrected chi connectivity index (χ2v) is 6.68. The van der Waals surface area contributed by atoms with Gasteiger partial charge in [-0.05, 0) is 42.6 Å². The third kappa shape index (κ3) is 2.93. The predicted molar refractivity (Wildman–Crippen MR) is 80.2 cm³/mol. The molecule has 0 radical (unpaired) electrons. The van der Waals surface area contributed by atoms with Crippen LogP contribution in [0.5, 0.6) is 0 Å². The normalized spacial score (nSPS) is 18.5. The highest BCUT2D eigenvalue weighted by Gasteiger charge is 2.35. The Morgan fingerprint density at radius 3 is 2.58 bits per heavy atom. The van der Waals surface area contributed by atoms with Crippen LogP contribution in [0.3, 0.4) is 0 Å². The molecule has 0 bridgehead atoms. The quantitative estimate of drug-likeness (QED) is 0.836. The van der Waals surface area contributed by atoms with Gasteiger partial charge in [0.1, 0.15) is 5.78 Å². The molecular formula is C15H23BrN2O. The summed E-state index contributed by atoms with van der Waals surface area (Å²) in [6, 6.07) is 0. The molecular weight excluding hydrogens is 304 g/mol. The summed E-state index contributed by atoms with van der Waals surface area (Å²) < 4.78 is 2.95. The molecule has 0 N–H and O–H groups in total. The molecule has 0 saturated heterocycles. The zero-order valence-electron chi connectivity index (χ0n) is 12.1. The Labute approximate surface area is 123 Å². The standard InChI is InChI=1S/C15H23BrN2O/c1-4-18-12(14(16)11(2)17-18)10-13(19)15(3)8-6-5-7-9-15/h4-10H2,1-3H3. The summed E-state index contributed by atoms with van der Waals surface area (Å²) in [7, 11) is 0. The zero-order valence-corrected chi connectivity index (χ0v) is 13.7. The van der Waals surface area contributed by atoms with Crippen molar-refractivity contribution < 1.29 is 4.79 Å². The molecule has 19 heavy (non-hydrogen) atoms. The fourth-order valence-corrected chi connectivity index (χ4v) is 3.44. The number of ketones is 1. The van der Waals surface area contributed by atoms with Gasteiger partial charge < -0.3 is 0 Å². The van der Waals surface area contributed by atoms with Gasteiger partial charge in [0.15, 0.2) is 0 Å². The SMILES string of the molecule is CCn1nc(C)c(Br)c1CC(=O)C1(C)CCCCC1. The van der Waals surface area contributed by atoms with Crippen LogP contribution in [0.25, 0.3) is 0 Å². The second-order valence-electron chi connectivity index (χ2n) is 5.88. The van der Waals surface area contributed by atoms with Gasteiger partial charge in [0, 0.05) is 12.0 Å². The van der Waals surface area contributed by atoms with Gasteiger partial charge in [-0.3, -0.25) is 9.48 Å². The Hall–Kier alpha value is -0.640. The van der Waals surface area contributed by atoms with Crippen LogP contribution in [0.4, 0.5) is 0 Å². The lowest BCUT2D eigenvalue weighted by Gasteiger charge is -2.32. The van der Waals surface area contributed by atoms with Crippen molar-refractivity contribution in [2.75, 3.05) is 0 Å². The molecule has 1 fully saturated rings. The van der Waals surface area contributed by atoms with E-state index >= 15 is 0 Å². The Morgan fingerprint density at radius 1 is 1.37 bits per heavy atom. The Kier molecular flexibility index (Phi) is 4.49. The van der Waals surface area contributed by atoms with Gasteiger partial charge in [-0.25, -0.2) is 0 Å². The molecule has 1 saturated carbocycles. The number of carbonyl (C=O) groups excluding carboxylic acids is 1. The first-order valence-electron chi connectivity index (χ1n) is 7.23. The lowest BCUT2D eigenvalue weighted by atomic mass is 9.72. The van der Waals surface area contributed by atoms with Gasteiger partial charge in [-0.15, -0.1) is 0 Å². The van der Waals surface area contributed by atoms with Crippen LogP contribution in [0.1, 0.15) is 57.3 Å². The Bertz CT molecular complexity index is 473. The van der Waals surface area contributed by atoms with Crippen LogP contribution in [0, 0.1) is 12.3 Å². The highest BCUT2D eigenvalue weighted by molar-refractivity contribution is 9.10. The molecule has 106 valence electrons. The van der Waals surface area contributed by atoms with Crippen molar-refractivity contribution in [2.45, 2.75) is 65.8 Å². The van der Waals surface area contributed by atoms with Gasteiger partial charge in [0.05, 0.1) is 22.3 Å². The summed E-state index contributed by atoms with van der Waals surface area (Å²) in [4.78, 5) is 12.7. The molecule has 2 rings (SSSR count). The minimum atomic E-state index is -0.117. The van der Waals surface area contributed by atoms with E-state index in [9.17, 15) is 4.79 Å². The van der Waals surface area contributed by atoms with E-state index in [1.54, 1.807) is 0 Å². The maximum atomic E-state index is 12.7. The van der Waals surface area contributed by atoms with Crippen molar-refractivity contribution in [3.8, 4) is 0 Å². The van der Waals surface area contributed by atoms with E-state index in [4.69, 9.17) is 0 Å². The topological polar surface area (TPSA) is 34.9 Å². The average molecular weight is 327 g/mol. The monoisotopic (exact) mass is 326 g/mol. The van der Waals surface area contributed by atoms with E-state index in [2.05, 4.69) is 34.9 Å². The van der Waals surface area contributed by atoms with Crippen molar-refractivity contribution >= 4 is 21.7 Å². The van der Waals surface area contributed by atoms with Crippen LogP contribution < -0.4 is 0 Å². The van der Waals surface area contributed by atoms with E-state index in [1.807, 2.05) is 11.6 Å². The molecule has 1 aliphatic carbocycles. The summed E-state index contributed by atoms with van der Waals surface area (Å²) in [5.74, 6) is 0.377. The third-order valence-electron chi connectivity index (χ3n) is 4.41. The van der Waals surface area contributed by atoms with E-state index in [0.717, 1.165) is 35.2 Å². The van der Waals surface area contributed by atoms with Crippen LogP contribution in [-0.2, 0) is 17.8 Å². The highest BCUT2D eigenvalue weighted by Crippen LogP contribution is 2.38. The summed E-state index contributed by atoms with van der Waals surface area (Å²) in [6.07, 6.45) is 6.25. The smallest absolute Gasteiger partial charge is 0.144 e. The minimum Gasteiger partial charge on any atom is -0.299 e. The van der Waals surface area contributed by atoms with Gasteiger partial charge in [0.25, 0.3) is 0 Å². The first kappa shape index (κ1) is 14.8. The van der Waals surface area contributed by atoms with E-state index in [1.165, 1.54) is 19.3 Å². The van der Waals surface area contributed by atoms with Crippen LogP contribution >= 0.6 is 15.9 Å². The molecule has 0 aromatic carbocycles. The number of rotatable bonds is 4. The molecule has 1 aromatic heterocycles. The van der Waals surface area contributed by atoms with E-state index in [-0.39, 0.29) is 5.41 Å². The Balaban J connectivity index is 2.18. The number of carbonyl (C=O) groups is 1. The second kappa shape index (κ2) is 5.78. The summed E-state index contributed by atoms with van der Waals surface area (Å²) >= 11 is 3.58. The summed E-state index contributed by atoms with van der Waals surface area (Å²) in [5.41, 5.74) is 1.89. The number of Topliss-reactive ketones (excluding diaryl/α,β-unsaturated/α-hetero) is 1. The van der Waals surface area contributed by atoms with Gasteiger partial charge in [-0.1, -0.05) is 26.2 Å². The number of halogens is 1. The maximum Gasteiger partial charge on any atom is 0.144 e. The molecule has 1 aliphatic rings. The minimum absolute atomic E-state index is 0.117. The molecule has 1 aromatic rings. The number of aryl methyl sites for hydroxylation is 2. The summed E-state index contributed by atoms with van der Waals surface area (Å²) in [6.45, 7) is 7.00. The van der Waals surface area contributed by atoms with Gasteiger partial charge in [0.2, 0.25) is 0 Å². The molecule has 1 heterocycles. The molecule has 3 nitrogen and oxygen atoms in total. The lowest BCUT2D eigenvalue weighted by molar-refractivity contribution is -0.129. The third-order valence-corrected chi connectivity index (χ3v) is 5.44. The molecule has 0 atom stereocenters. The van der Waals surface area contributed by atoms with Crippen LogP contribution in [0.15, 0.2) is 4.47 Å². The van der Waals surface area contributed by atoms with Gasteiger partial charge in [-0.2, -0.15) is 5.10 Å². The number of aromatic nitrogens is 2. The van der Waals surface area contributed by atoms with Crippen molar-refractivity contribution in [3.05, 3.63) is 15.9 Å². The van der Waals surface area contributed by atoms with Crippen LogP contribution in [-0.4, -0.2) is 15.6 Å². The average Bonchev–Trinajstić information content (AvgIpc) is 2.67.